The van der Waals surface area contributed by atoms with E-state index in [2.05, 4.69) is 100 Å². The molecule has 7 aromatic carbocycles. The normalized spacial score (nSPS) is 11.1. The zero-order valence-corrected chi connectivity index (χ0v) is 26.7. The van der Waals surface area contributed by atoms with E-state index in [0.29, 0.717) is 16.7 Å². The van der Waals surface area contributed by atoms with Crippen LogP contribution in [0.2, 0.25) is 0 Å². The van der Waals surface area contributed by atoms with Crippen LogP contribution in [0.3, 0.4) is 0 Å². The average molecular weight is 636 g/mol. The number of rotatable bonds is 4. The maximum absolute atomic E-state index is 10.6. The summed E-state index contributed by atoms with van der Waals surface area (Å²) < 4.78 is 4.44. The molecule has 0 radical (unpaired) electrons. The number of para-hydroxylation sites is 4. The molecule has 2 heterocycles. The van der Waals surface area contributed by atoms with Gasteiger partial charge in [-0.15, -0.1) is 0 Å². The Bertz CT molecular complexity index is 2920. The summed E-state index contributed by atoms with van der Waals surface area (Å²) in [6, 6.07) is 57.7. The fourth-order valence-electron chi connectivity index (χ4n) is 7.47. The molecule has 0 amide bonds. The zero-order valence-electron chi connectivity index (χ0n) is 26.7. The van der Waals surface area contributed by atoms with Crippen LogP contribution >= 0.6 is 0 Å². The van der Waals surface area contributed by atoms with Gasteiger partial charge < -0.3 is 9.13 Å². The number of hydrogen-bond acceptors (Lipinski definition) is 3. The maximum atomic E-state index is 10.6. The summed E-state index contributed by atoms with van der Waals surface area (Å²) in [6.07, 6.45) is 0. The lowest BCUT2D eigenvalue weighted by atomic mass is 9.89. The standard InChI is InChI=1S/C45H25N5/c46-26-29-17-20-34(39(23-29)37-11-3-8-16-44(37)50-42-14-6-1-9-35(42)36-10-2-7-15-43(36)50)33-21-19-32(25-31(33)28-48)49-41-13-5-4-12-38(41)40-24-30(27-47)18-22-45(40)49/h1-25H. The first kappa shape index (κ1) is 28.8. The van der Waals surface area contributed by atoms with Crippen molar-refractivity contribution < 1.29 is 0 Å². The van der Waals surface area contributed by atoms with Crippen LogP contribution in [0.15, 0.2) is 152 Å². The summed E-state index contributed by atoms with van der Waals surface area (Å²) in [4.78, 5) is 0. The Labute approximate surface area is 287 Å². The second-order valence-corrected chi connectivity index (χ2v) is 12.3. The minimum atomic E-state index is 0.516. The van der Waals surface area contributed by atoms with Crippen LogP contribution in [0.25, 0.3) is 77.2 Å². The lowest BCUT2D eigenvalue weighted by Crippen LogP contribution is -1.99. The first-order valence-corrected chi connectivity index (χ1v) is 16.3. The van der Waals surface area contributed by atoms with Gasteiger partial charge in [-0.3, -0.25) is 0 Å². The summed E-state index contributed by atoms with van der Waals surface area (Å²) in [6.45, 7) is 0. The highest BCUT2D eigenvalue weighted by Gasteiger charge is 2.20. The van der Waals surface area contributed by atoms with E-state index in [0.717, 1.165) is 66.5 Å². The molecule has 0 aliphatic carbocycles. The Morgan fingerprint density at radius 3 is 1.58 bits per heavy atom. The molecule has 0 atom stereocenters. The summed E-state index contributed by atoms with van der Waals surface area (Å²) in [5.41, 5.74) is 11.1. The van der Waals surface area contributed by atoms with Gasteiger partial charge >= 0.3 is 0 Å². The molecule has 9 rings (SSSR count). The van der Waals surface area contributed by atoms with Crippen molar-refractivity contribution in [3.8, 4) is 51.8 Å². The largest absolute Gasteiger partial charge is 0.309 e. The van der Waals surface area contributed by atoms with Crippen LogP contribution in [0.4, 0.5) is 0 Å². The second-order valence-electron chi connectivity index (χ2n) is 12.3. The highest BCUT2D eigenvalue weighted by Crippen LogP contribution is 2.41. The van der Waals surface area contributed by atoms with Crippen LogP contribution in [0, 0.1) is 34.0 Å². The lowest BCUT2D eigenvalue weighted by Gasteiger charge is -2.18. The van der Waals surface area contributed by atoms with Gasteiger partial charge in [0.05, 0.1) is 62.7 Å². The zero-order chi connectivity index (χ0) is 33.8. The van der Waals surface area contributed by atoms with Crippen molar-refractivity contribution in [1.29, 1.82) is 15.8 Å². The third-order valence-corrected chi connectivity index (χ3v) is 9.64. The van der Waals surface area contributed by atoms with Crippen LogP contribution in [-0.4, -0.2) is 9.13 Å². The summed E-state index contributed by atoms with van der Waals surface area (Å²) in [7, 11) is 0. The summed E-state index contributed by atoms with van der Waals surface area (Å²) in [5.74, 6) is 0. The highest BCUT2D eigenvalue weighted by atomic mass is 15.0. The van der Waals surface area contributed by atoms with E-state index in [-0.39, 0.29) is 0 Å². The molecule has 50 heavy (non-hydrogen) atoms. The van der Waals surface area contributed by atoms with Crippen molar-refractivity contribution in [2.75, 3.05) is 0 Å². The van der Waals surface area contributed by atoms with E-state index < -0.39 is 0 Å². The predicted molar refractivity (Wildman–Crippen MR) is 200 cm³/mol. The number of nitrogens with zero attached hydrogens (tertiary/aromatic N) is 5. The Balaban J connectivity index is 1.27. The Morgan fingerprint density at radius 1 is 0.360 bits per heavy atom. The average Bonchev–Trinajstić information content (AvgIpc) is 3.70. The minimum absolute atomic E-state index is 0.516. The molecule has 0 N–H and O–H groups in total. The molecule has 230 valence electrons. The quantitative estimate of drug-likeness (QED) is 0.193. The van der Waals surface area contributed by atoms with Gasteiger partial charge in [0.2, 0.25) is 0 Å². The molecule has 2 aromatic heterocycles. The van der Waals surface area contributed by atoms with Crippen molar-refractivity contribution in [3.63, 3.8) is 0 Å². The van der Waals surface area contributed by atoms with Gasteiger partial charge in [0, 0.05) is 38.4 Å². The van der Waals surface area contributed by atoms with Crippen LogP contribution in [-0.2, 0) is 0 Å². The molecule has 0 aliphatic heterocycles. The number of hydrogen-bond donors (Lipinski definition) is 0. The molecule has 0 aliphatic rings. The lowest BCUT2D eigenvalue weighted by molar-refractivity contribution is 1.18. The predicted octanol–water partition coefficient (Wildman–Crippen LogP) is 10.8. The van der Waals surface area contributed by atoms with Gasteiger partial charge in [-0.25, -0.2) is 0 Å². The van der Waals surface area contributed by atoms with Gasteiger partial charge in [0.15, 0.2) is 0 Å². The third-order valence-electron chi connectivity index (χ3n) is 9.64. The van der Waals surface area contributed by atoms with Gasteiger partial charge in [-0.2, -0.15) is 15.8 Å². The van der Waals surface area contributed by atoms with Crippen molar-refractivity contribution >= 4 is 43.6 Å². The maximum Gasteiger partial charge on any atom is 0.0998 e. The summed E-state index contributed by atoms with van der Waals surface area (Å²) in [5, 5.41) is 34.6. The molecule has 0 spiro atoms. The molecule has 0 unspecified atom stereocenters. The topological polar surface area (TPSA) is 81.2 Å². The van der Waals surface area contributed by atoms with E-state index in [1.54, 1.807) is 0 Å². The smallest absolute Gasteiger partial charge is 0.0998 e. The number of nitriles is 3. The van der Waals surface area contributed by atoms with Crippen LogP contribution in [0.5, 0.6) is 0 Å². The van der Waals surface area contributed by atoms with Gasteiger partial charge in [0.25, 0.3) is 0 Å². The Kier molecular flexibility index (Phi) is 6.56. The highest BCUT2D eigenvalue weighted by molar-refractivity contribution is 6.11. The molecule has 0 bridgehead atoms. The molecular weight excluding hydrogens is 611 g/mol. The van der Waals surface area contributed by atoms with Crippen LogP contribution in [0.1, 0.15) is 16.7 Å². The fraction of sp³-hybridized carbons (Fsp3) is 0. The van der Waals surface area contributed by atoms with Crippen molar-refractivity contribution in [1.82, 2.24) is 9.13 Å². The van der Waals surface area contributed by atoms with E-state index >= 15 is 0 Å². The molecule has 0 saturated heterocycles. The number of benzene rings is 7. The number of aromatic nitrogens is 2. The summed E-state index contributed by atoms with van der Waals surface area (Å²) >= 11 is 0. The van der Waals surface area contributed by atoms with Gasteiger partial charge in [-0.05, 0) is 77.9 Å². The fourth-order valence-corrected chi connectivity index (χ4v) is 7.47. The monoisotopic (exact) mass is 635 g/mol. The minimum Gasteiger partial charge on any atom is -0.309 e. The van der Waals surface area contributed by atoms with Crippen LogP contribution < -0.4 is 0 Å². The molecule has 0 saturated carbocycles. The SMILES string of the molecule is N#Cc1ccc(-c2ccc(-n3c4ccccc4c4cc(C#N)ccc43)cc2C#N)c(-c2ccccc2-n2c3ccccc3c3ccccc32)c1. The second kappa shape index (κ2) is 11.4. The Hall–Kier alpha value is -7.39. The molecule has 5 nitrogen and oxygen atoms in total. The van der Waals surface area contributed by atoms with Crippen molar-refractivity contribution in [2.45, 2.75) is 0 Å². The first-order chi connectivity index (χ1) is 24.7. The third kappa shape index (κ3) is 4.31. The van der Waals surface area contributed by atoms with Gasteiger partial charge in [-0.1, -0.05) is 84.9 Å². The Morgan fingerprint density at radius 2 is 0.900 bits per heavy atom. The van der Waals surface area contributed by atoms with E-state index in [9.17, 15) is 15.8 Å². The van der Waals surface area contributed by atoms with Crippen molar-refractivity contribution in [2.24, 2.45) is 0 Å². The molecule has 0 fully saturated rings. The van der Waals surface area contributed by atoms with Gasteiger partial charge in [0.1, 0.15) is 0 Å². The molecule has 9 aromatic rings. The number of fused-ring (bicyclic) bond motifs is 6. The first-order valence-electron chi connectivity index (χ1n) is 16.3. The van der Waals surface area contributed by atoms with E-state index in [4.69, 9.17) is 0 Å². The van der Waals surface area contributed by atoms with E-state index in [1.165, 1.54) is 10.8 Å². The van der Waals surface area contributed by atoms with E-state index in [1.807, 2.05) is 78.9 Å². The van der Waals surface area contributed by atoms with Crippen molar-refractivity contribution in [3.05, 3.63) is 168 Å². The molecular formula is C45H25N5. The molecule has 5 heteroatoms.